The van der Waals surface area contributed by atoms with Crippen LogP contribution in [-0.2, 0) is 11.3 Å². The second kappa shape index (κ2) is 4.67. The smallest absolute Gasteiger partial charge is 0.230 e. The molecule has 2 heterocycles. The minimum atomic E-state index is -0.181. The van der Waals surface area contributed by atoms with E-state index in [0.29, 0.717) is 11.9 Å². The number of hydrogen-bond donors (Lipinski definition) is 1. The molecule has 0 radical (unpaired) electrons. The summed E-state index contributed by atoms with van der Waals surface area (Å²) in [7, 11) is 0. The molecule has 1 N–H and O–H groups in total. The third-order valence-electron chi connectivity index (χ3n) is 4.04. The Morgan fingerprint density at radius 1 is 1.61 bits per heavy atom. The lowest BCUT2D eigenvalue weighted by Gasteiger charge is -2.31. The molecule has 2 fully saturated rings. The lowest BCUT2D eigenvalue weighted by molar-refractivity contribution is -0.141. The summed E-state index contributed by atoms with van der Waals surface area (Å²) in [5.74, 6) is 0.350. The Morgan fingerprint density at radius 2 is 2.44 bits per heavy atom. The number of carbonyl (C=O) groups is 1. The zero-order valence-electron chi connectivity index (χ0n) is 10.8. The molecule has 1 atom stereocenters. The molecule has 1 aliphatic heterocycles. The van der Waals surface area contributed by atoms with Crippen molar-refractivity contribution in [3.8, 4) is 0 Å². The van der Waals surface area contributed by atoms with Crippen LogP contribution in [0.15, 0.2) is 17.5 Å². The first kappa shape index (κ1) is 12.2. The molecule has 98 valence electrons. The van der Waals surface area contributed by atoms with Gasteiger partial charge in [-0.15, -0.1) is 11.3 Å². The standard InChI is InChI=1S/C14H20N2OS/c1-14(6-7-15-10-14)13(17)16(11-4-5-11)9-12-3-2-8-18-12/h2-3,8,11,15H,4-7,9-10H2,1H3. The normalized spacial score (nSPS) is 27.4. The van der Waals surface area contributed by atoms with Gasteiger partial charge in [0.15, 0.2) is 0 Å². The summed E-state index contributed by atoms with van der Waals surface area (Å²) in [5, 5.41) is 5.41. The Kier molecular flexibility index (Phi) is 3.16. The van der Waals surface area contributed by atoms with Crippen molar-refractivity contribution in [1.29, 1.82) is 0 Å². The van der Waals surface area contributed by atoms with Crippen molar-refractivity contribution >= 4 is 17.2 Å². The number of nitrogens with one attached hydrogen (secondary N) is 1. The van der Waals surface area contributed by atoms with Gasteiger partial charge in [-0.1, -0.05) is 6.07 Å². The van der Waals surface area contributed by atoms with E-state index in [0.717, 1.165) is 26.1 Å². The first-order valence-corrected chi connectivity index (χ1v) is 7.61. The largest absolute Gasteiger partial charge is 0.334 e. The van der Waals surface area contributed by atoms with Gasteiger partial charge in [0.25, 0.3) is 0 Å². The van der Waals surface area contributed by atoms with Gasteiger partial charge < -0.3 is 10.2 Å². The van der Waals surface area contributed by atoms with Crippen LogP contribution < -0.4 is 5.32 Å². The second-order valence-electron chi connectivity index (χ2n) is 5.73. The summed E-state index contributed by atoms with van der Waals surface area (Å²) in [6, 6.07) is 4.69. The van der Waals surface area contributed by atoms with Gasteiger partial charge >= 0.3 is 0 Å². The van der Waals surface area contributed by atoms with Crippen molar-refractivity contribution in [1.82, 2.24) is 10.2 Å². The average molecular weight is 264 g/mol. The van der Waals surface area contributed by atoms with E-state index in [1.165, 1.54) is 17.7 Å². The van der Waals surface area contributed by atoms with Crippen LogP contribution in [0.4, 0.5) is 0 Å². The molecule has 1 unspecified atom stereocenters. The summed E-state index contributed by atoms with van der Waals surface area (Å²) >= 11 is 1.75. The third kappa shape index (κ3) is 2.31. The van der Waals surface area contributed by atoms with Crippen LogP contribution in [-0.4, -0.2) is 29.9 Å². The molecule has 3 nitrogen and oxygen atoms in total. The minimum absolute atomic E-state index is 0.181. The van der Waals surface area contributed by atoms with Gasteiger partial charge in [-0.25, -0.2) is 0 Å². The summed E-state index contributed by atoms with van der Waals surface area (Å²) in [6.45, 7) is 4.72. The number of thiophene rings is 1. The van der Waals surface area contributed by atoms with E-state index in [2.05, 4.69) is 34.7 Å². The lowest BCUT2D eigenvalue weighted by atomic mass is 9.88. The maximum Gasteiger partial charge on any atom is 0.230 e. The van der Waals surface area contributed by atoms with Crippen LogP contribution in [0.1, 0.15) is 31.1 Å². The zero-order valence-corrected chi connectivity index (χ0v) is 11.6. The Hall–Kier alpha value is -0.870. The Balaban J connectivity index is 1.75. The van der Waals surface area contributed by atoms with Gasteiger partial charge in [-0.3, -0.25) is 4.79 Å². The highest BCUT2D eigenvalue weighted by Gasteiger charge is 2.43. The van der Waals surface area contributed by atoms with Crippen LogP contribution in [0.2, 0.25) is 0 Å². The lowest BCUT2D eigenvalue weighted by Crippen LogP contribution is -2.44. The fraction of sp³-hybridized carbons (Fsp3) is 0.643. The van der Waals surface area contributed by atoms with Gasteiger partial charge in [0.1, 0.15) is 0 Å². The Labute approximate surface area is 112 Å². The van der Waals surface area contributed by atoms with Gasteiger partial charge in [0.2, 0.25) is 5.91 Å². The summed E-state index contributed by atoms with van der Waals surface area (Å²) in [5.41, 5.74) is -0.181. The quantitative estimate of drug-likeness (QED) is 0.904. The van der Waals surface area contributed by atoms with Crippen molar-refractivity contribution < 1.29 is 4.79 Å². The molecule has 2 aliphatic rings. The highest BCUT2D eigenvalue weighted by molar-refractivity contribution is 7.09. The number of rotatable bonds is 4. The Morgan fingerprint density at radius 3 is 3.00 bits per heavy atom. The second-order valence-corrected chi connectivity index (χ2v) is 6.76. The van der Waals surface area contributed by atoms with Crippen LogP contribution in [0.5, 0.6) is 0 Å². The van der Waals surface area contributed by atoms with Gasteiger partial charge in [-0.2, -0.15) is 0 Å². The third-order valence-corrected chi connectivity index (χ3v) is 4.90. The molecule has 1 amide bonds. The van der Waals surface area contributed by atoms with Crippen molar-refractivity contribution in [2.45, 2.75) is 38.8 Å². The fourth-order valence-electron chi connectivity index (χ4n) is 2.67. The van der Waals surface area contributed by atoms with E-state index in [-0.39, 0.29) is 5.41 Å². The van der Waals surface area contributed by atoms with Crippen LogP contribution >= 0.6 is 11.3 Å². The first-order valence-electron chi connectivity index (χ1n) is 6.73. The molecule has 0 spiro atoms. The van der Waals surface area contributed by atoms with Gasteiger partial charge in [0, 0.05) is 17.5 Å². The van der Waals surface area contributed by atoms with E-state index >= 15 is 0 Å². The molecule has 3 rings (SSSR count). The number of amides is 1. The Bertz CT molecular complexity index is 419. The number of carbonyl (C=O) groups excluding carboxylic acids is 1. The van der Waals surface area contributed by atoms with Gasteiger partial charge in [-0.05, 0) is 44.2 Å². The molecule has 4 heteroatoms. The molecule has 1 saturated heterocycles. The first-order chi connectivity index (χ1) is 8.69. The topological polar surface area (TPSA) is 32.3 Å². The van der Waals surface area contributed by atoms with Crippen LogP contribution in [0.3, 0.4) is 0 Å². The minimum Gasteiger partial charge on any atom is -0.334 e. The highest BCUT2D eigenvalue weighted by atomic mass is 32.1. The molecule has 1 aliphatic carbocycles. The van der Waals surface area contributed by atoms with Crippen LogP contribution in [0.25, 0.3) is 0 Å². The highest BCUT2D eigenvalue weighted by Crippen LogP contribution is 2.35. The average Bonchev–Trinajstić information content (AvgIpc) is 2.89. The molecular weight excluding hydrogens is 244 g/mol. The molecule has 1 aromatic heterocycles. The maximum atomic E-state index is 12.8. The molecular formula is C14H20N2OS. The monoisotopic (exact) mass is 264 g/mol. The van der Waals surface area contributed by atoms with Crippen LogP contribution in [0, 0.1) is 5.41 Å². The molecule has 0 aromatic carbocycles. The van der Waals surface area contributed by atoms with Gasteiger partial charge in [0.05, 0.1) is 12.0 Å². The number of nitrogens with zero attached hydrogens (tertiary/aromatic N) is 1. The SMILES string of the molecule is CC1(C(=O)N(Cc2cccs2)C2CC2)CCNC1. The predicted molar refractivity (Wildman–Crippen MR) is 73.5 cm³/mol. The summed E-state index contributed by atoms with van der Waals surface area (Å²) < 4.78 is 0. The summed E-state index contributed by atoms with van der Waals surface area (Å²) in [6.07, 6.45) is 3.33. The maximum absolute atomic E-state index is 12.8. The molecule has 1 saturated carbocycles. The van der Waals surface area contributed by atoms with Crippen molar-refractivity contribution in [3.63, 3.8) is 0 Å². The van der Waals surface area contributed by atoms with E-state index in [4.69, 9.17) is 0 Å². The van der Waals surface area contributed by atoms with Crippen molar-refractivity contribution in [2.75, 3.05) is 13.1 Å². The van der Waals surface area contributed by atoms with Crippen molar-refractivity contribution in [3.05, 3.63) is 22.4 Å². The van der Waals surface area contributed by atoms with E-state index in [9.17, 15) is 4.79 Å². The van der Waals surface area contributed by atoms with E-state index in [1.807, 2.05) is 0 Å². The van der Waals surface area contributed by atoms with E-state index < -0.39 is 0 Å². The predicted octanol–water partition coefficient (Wildman–Crippen LogP) is 2.24. The molecule has 0 bridgehead atoms. The number of hydrogen-bond acceptors (Lipinski definition) is 3. The summed E-state index contributed by atoms with van der Waals surface area (Å²) in [4.78, 5) is 16.2. The van der Waals surface area contributed by atoms with E-state index in [1.54, 1.807) is 11.3 Å². The fourth-order valence-corrected chi connectivity index (χ4v) is 3.37. The molecule has 18 heavy (non-hydrogen) atoms. The van der Waals surface area contributed by atoms with Crippen molar-refractivity contribution in [2.24, 2.45) is 5.41 Å². The molecule has 1 aromatic rings. The zero-order chi connectivity index (χ0) is 12.6.